The van der Waals surface area contributed by atoms with Crippen molar-refractivity contribution in [3.8, 4) is 0 Å². The summed E-state index contributed by atoms with van der Waals surface area (Å²) in [4.78, 5) is 9.88. The van der Waals surface area contributed by atoms with Crippen LogP contribution in [0.2, 0.25) is 5.02 Å². The summed E-state index contributed by atoms with van der Waals surface area (Å²) in [7, 11) is 0. The monoisotopic (exact) mass is 280 g/mol. The van der Waals surface area contributed by atoms with Crippen LogP contribution in [0.5, 0.6) is 0 Å². The number of hydrogen-bond acceptors (Lipinski definition) is 3. The van der Waals surface area contributed by atoms with Crippen molar-refractivity contribution >= 4 is 23.0 Å². The van der Waals surface area contributed by atoms with E-state index in [1.54, 1.807) is 24.3 Å². The molecule has 0 spiro atoms. The third-order valence-electron chi connectivity index (χ3n) is 2.60. The minimum atomic E-state index is -0.827. The minimum Gasteiger partial charge on any atom is -0.380 e. The van der Waals surface area contributed by atoms with Gasteiger partial charge >= 0.3 is 5.69 Å². The molecule has 0 amide bonds. The first-order valence-electron chi connectivity index (χ1n) is 5.50. The second kappa shape index (κ2) is 5.67. The van der Waals surface area contributed by atoms with Crippen molar-refractivity contribution in [2.75, 3.05) is 5.32 Å². The standard InChI is InChI=1S/C13H10ClFN2O2/c14-10-5-1-2-6-11(10)16-8-9-4-3-7-12(13(9)15)17(18)19/h1-7,16H,8H2. The Bertz CT molecular complexity index is 619. The van der Waals surface area contributed by atoms with Crippen LogP contribution in [-0.2, 0) is 6.54 Å². The fourth-order valence-electron chi connectivity index (χ4n) is 1.64. The predicted molar refractivity (Wildman–Crippen MR) is 71.8 cm³/mol. The van der Waals surface area contributed by atoms with Gasteiger partial charge in [0.2, 0.25) is 5.82 Å². The second-order valence-electron chi connectivity index (χ2n) is 3.84. The van der Waals surface area contributed by atoms with Crippen LogP contribution in [0.1, 0.15) is 5.56 Å². The summed E-state index contributed by atoms with van der Waals surface area (Å²) < 4.78 is 13.8. The van der Waals surface area contributed by atoms with Crippen molar-refractivity contribution in [1.29, 1.82) is 0 Å². The topological polar surface area (TPSA) is 55.2 Å². The van der Waals surface area contributed by atoms with Gasteiger partial charge in [0, 0.05) is 18.2 Å². The number of hydrogen-bond donors (Lipinski definition) is 1. The third kappa shape index (κ3) is 3.00. The number of nitro groups is 1. The predicted octanol–water partition coefficient (Wildman–Crippen LogP) is 4.00. The minimum absolute atomic E-state index is 0.122. The van der Waals surface area contributed by atoms with E-state index in [-0.39, 0.29) is 12.1 Å². The van der Waals surface area contributed by atoms with E-state index >= 15 is 0 Å². The van der Waals surface area contributed by atoms with Gasteiger partial charge in [0.25, 0.3) is 0 Å². The number of nitrogens with zero attached hydrogens (tertiary/aromatic N) is 1. The van der Waals surface area contributed by atoms with Gasteiger partial charge in [-0.3, -0.25) is 10.1 Å². The zero-order valence-electron chi connectivity index (χ0n) is 9.77. The number of anilines is 1. The summed E-state index contributed by atoms with van der Waals surface area (Å²) in [5.41, 5.74) is 0.336. The van der Waals surface area contributed by atoms with Gasteiger partial charge in [-0.2, -0.15) is 4.39 Å². The highest BCUT2D eigenvalue weighted by Crippen LogP contribution is 2.24. The fraction of sp³-hybridized carbons (Fsp3) is 0.0769. The number of para-hydroxylation sites is 1. The maximum Gasteiger partial charge on any atom is 0.305 e. The van der Waals surface area contributed by atoms with Gasteiger partial charge in [0.15, 0.2) is 0 Å². The lowest BCUT2D eigenvalue weighted by molar-refractivity contribution is -0.387. The molecule has 2 aromatic carbocycles. The number of rotatable bonds is 4. The molecule has 4 nitrogen and oxygen atoms in total. The summed E-state index contributed by atoms with van der Waals surface area (Å²) >= 11 is 5.95. The highest BCUT2D eigenvalue weighted by molar-refractivity contribution is 6.33. The van der Waals surface area contributed by atoms with E-state index in [0.717, 1.165) is 6.07 Å². The second-order valence-corrected chi connectivity index (χ2v) is 4.25. The molecule has 0 bridgehead atoms. The van der Waals surface area contributed by atoms with Gasteiger partial charge in [-0.25, -0.2) is 0 Å². The van der Waals surface area contributed by atoms with E-state index in [4.69, 9.17) is 11.6 Å². The molecule has 0 unspecified atom stereocenters. The quantitative estimate of drug-likeness (QED) is 0.680. The molecule has 2 rings (SSSR count). The Morgan fingerprint density at radius 2 is 1.95 bits per heavy atom. The highest BCUT2D eigenvalue weighted by atomic mass is 35.5. The van der Waals surface area contributed by atoms with Crippen molar-refractivity contribution < 1.29 is 9.31 Å². The molecule has 0 heterocycles. The van der Waals surface area contributed by atoms with Gasteiger partial charge in [0.05, 0.1) is 15.6 Å². The zero-order valence-corrected chi connectivity index (χ0v) is 10.5. The molecule has 0 fully saturated rings. The van der Waals surface area contributed by atoms with E-state index < -0.39 is 16.4 Å². The Morgan fingerprint density at radius 1 is 1.21 bits per heavy atom. The summed E-state index contributed by atoms with van der Waals surface area (Å²) in [6.07, 6.45) is 0. The van der Waals surface area contributed by atoms with E-state index in [1.165, 1.54) is 12.1 Å². The number of nitrogens with one attached hydrogen (secondary N) is 1. The lowest BCUT2D eigenvalue weighted by Crippen LogP contribution is -2.04. The summed E-state index contributed by atoms with van der Waals surface area (Å²) in [5.74, 6) is -0.827. The fourth-order valence-corrected chi connectivity index (χ4v) is 1.84. The summed E-state index contributed by atoms with van der Waals surface area (Å²) in [6, 6.07) is 11.1. The van der Waals surface area contributed by atoms with Gasteiger partial charge in [0.1, 0.15) is 0 Å². The molecule has 0 aliphatic carbocycles. The number of nitro benzene ring substituents is 1. The zero-order chi connectivity index (χ0) is 13.8. The van der Waals surface area contributed by atoms with Crippen LogP contribution in [-0.4, -0.2) is 4.92 Å². The van der Waals surface area contributed by atoms with Crippen LogP contribution in [0, 0.1) is 15.9 Å². The number of halogens is 2. The Hall–Kier alpha value is -2.14. The van der Waals surface area contributed by atoms with Crippen LogP contribution < -0.4 is 5.32 Å². The lowest BCUT2D eigenvalue weighted by Gasteiger charge is -2.08. The Balaban J connectivity index is 2.19. The molecule has 0 saturated heterocycles. The highest BCUT2D eigenvalue weighted by Gasteiger charge is 2.16. The first-order chi connectivity index (χ1) is 9.09. The molecular formula is C13H10ClFN2O2. The Labute approximate surface area is 114 Å². The molecule has 0 radical (unpaired) electrons. The average Bonchev–Trinajstić information content (AvgIpc) is 2.39. The first-order valence-corrected chi connectivity index (χ1v) is 5.87. The SMILES string of the molecule is O=[N+]([O-])c1cccc(CNc2ccccc2Cl)c1F. The lowest BCUT2D eigenvalue weighted by atomic mass is 10.2. The molecule has 0 aliphatic heterocycles. The molecule has 0 aliphatic rings. The van der Waals surface area contributed by atoms with Crippen molar-refractivity contribution in [3.63, 3.8) is 0 Å². The van der Waals surface area contributed by atoms with Crippen molar-refractivity contribution in [2.45, 2.75) is 6.54 Å². The smallest absolute Gasteiger partial charge is 0.305 e. The molecule has 98 valence electrons. The first kappa shape index (κ1) is 13.3. The molecule has 6 heteroatoms. The summed E-state index contributed by atoms with van der Waals surface area (Å²) in [6.45, 7) is 0.122. The molecule has 0 saturated carbocycles. The molecule has 2 aromatic rings. The van der Waals surface area contributed by atoms with Gasteiger partial charge in [-0.05, 0) is 12.1 Å². The van der Waals surface area contributed by atoms with Crippen LogP contribution in [0.4, 0.5) is 15.8 Å². The maximum absolute atomic E-state index is 13.8. The average molecular weight is 281 g/mol. The van der Waals surface area contributed by atoms with E-state index in [0.29, 0.717) is 10.7 Å². The molecule has 19 heavy (non-hydrogen) atoms. The van der Waals surface area contributed by atoms with Crippen LogP contribution in [0.3, 0.4) is 0 Å². The van der Waals surface area contributed by atoms with Crippen molar-refractivity contribution in [2.24, 2.45) is 0 Å². The number of benzene rings is 2. The third-order valence-corrected chi connectivity index (χ3v) is 2.93. The van der Waals surface area contributed by atoms with Crippen LogP contribution >= 0.6 is 11.6 Å². The maximum atomic E-state index is 13.8. The van der Waals surface area contributed by atoms with E-state index in [1.807, 2.05) is 0 Å². The van der Waals surface area contributed by atoms with Crippen molar-refractivity contribution in [3.05, 3.63) is 69.0 Å². The molecule has 0 aromatic heterocycles. The molecular weight excluding hydrogens is 271 g/mol. The van der Waals surface area contributed by atoms with Crippen LogP contribution in [0.15, 0.2) is 42.5 Å². The van der Waals surface area contributed by atoms with E-state index in [9.17, 15) is 14.5 Å². The van der Waals surface area contributed by atoms with Gasteiger partial charge in [-0.15, -0.1) is 0 Å². The van der Waals surface area contributed by atoms with E-state index in [2.05, 4.69) is 5.32 Å². The molecule has 0 atom stereocenters. The normalized spacial score (nSPS) is 10.2. The van der Waals surface area contributed by atoms with Crippen molar-refractivity contribution in [1.82, 2.24) is 0 Å². The summed E-state index contributed by atoms with van der Waals surface area (Å²) in [5, 5.41) is 14.1. The largest absolute Gasteiger partial charge is 0.380 e. The Kier molecular flexibility index (Phi) is 3.97. The van der Waals surface area contributed by atoms with Gasteiger partial charge < -0.3 is 5.32 Å². The van der Waals surface area contributed by atoms with Gasteiger partial charge in [-0.1, -0.05) is 35.9 Å². The van der Waals surface area contributed by atoms with Crippen LogP contribution in [0.25, 0.3) is 0 Å². The Morgan fingerprint density at radius 3 is 2.63 bits per heavy atom. The molecule has 1 N–H and O–H groups in total.